The second-order valence-corrected chi connectivity index (χ2v) is 3.97. The van der Waals surface area contributed by atoms with Crippen molar-refractivity contribution in [1.29, 1.82) is 0 Å². The number of aliphatic carboxylic acids is 1. The molecule has 1 amide bonds. The van der Waals surface area contributed by atoms with Gasteiger partial charge in [0.25, 0.3) is 0 Å². The molecule has 0 saturated carbocycles. The Balaban J connectivity index is 4.07. The lowest BCUT2D eigenvalue weighted by atomic mass is 10.2. The van der Waals surface area contributed by atoms with Crippen LogP contribution in [-0.2, 0) is 14.3 Å². The van der Waals surface area contributed by atoms with Gasteiger partial charge in [-0.2, -0.15) is 0 Å². The molecular formula is C9H17NO5. The summed E-state index contributed by atoms with van der Waals surface area (Å²) in [5, 5.41) is 10.8. The van der Waals surface area contributed by atoms with E-state index in [4.69, 9.17) is 14.6 Å². The molecule has 0 saturated heterocycles. The quantitative estimate of drug-likeness (QED) is 0.688. The van der Waals surface area contributed by atoms with Crippen LogP contribution in [0.25, 0.3) is 0 Å². The summed E-state index contributed by atoms with van der Waals surface area (Å²) in [6, 6.07) is 0. The van der Waals surface area contributed by atoms with E-state index in [1.807, 2.05) is 0 Å². The van der Waals surface area contributed by atoms with Gasteiger partial charge in [0.15, 0.2) is 0 Å². The highest BCUT2D eigenvalue weighted by Gasteiger charge is 2.20. The molecule has 0 unspecified atom stereocenters. The lowest BCUT2D eigenvalue weighted by Crippen LogP contribution is -2.41. The van der Waals surface area contributed by atoms with Crippen molar-refractivity contribution in [3.63, 3.8) is 0 Å². The topological polar surface area (TPSA) is 84.9 Å². The third-order valence-electron chi connectivity index (χ3n) is 1.32. The van der Waals surface area contributed by atoms with Crippen LogP contribution in [0.15, 0.2) is 0 Å². The van der Waals surface area contributed by atoms with E-state index < -0.39 is 23.9 Å². The van der Waals surface area contributed by atoms with Crippen molar-refractivity contribution in [3.8, 4) is 0 Å². The molecule has 1 atom stereocenters. The zero-order valence-electron chi connectivity index (χ0n) is 9.36. The number of nitrogens with one attached hydrogen (secondary N) is 1. The van der Waals surface area contributed by atoms with Gasteiger partial charge >= 0.3 is 12.1 Å². The minimum atomic E-state index is -1.06. The Labute approximate surface area is 88.6 Å². The molecule has 0 aliphatic heterocycles. The average Bonchev–Trinajstić information content (AvgIpc) is 1.98. The second kappa shape index (κ2) is 5.55. The SMILES string of the molecule is CO[C@H](CC(=O)O)NC(=O)OC(C)(C)C. The van der Waals surface area contributed by atoms with Crippen LogP contribution in [0.5, 0.6) is 0 Å². The van der Waals surface area contributed by atoms with Crippen LogP contribution in [0.3, 0.4) is 0 Å². The van der Waals surface area contributed by atoms with E-state index in [0.29, 0.717) is 0 Å². The van der Waals surface area contributed by atoms with Crippen molar-refractivity contribution < 1.29 is 24.2 Å². The first kappa shape index (κ1) is 13.7. The molecule has 15 heavy (non-hydrogen) atoms. The van der Waals surface area contributed by atoms with Crippen molar-refractivity contribution in [3.05, 3.63) is 0 Å². The first-order valence-corrected chi connectivity index (χ1v) is 4.48. The first-order valence-electron chi connectivity index (χ1n) is 4.48. The Morgan fingerprint density at radius 2 is 1.93 bits per heavy atom. The van der Waals surface area contributed by atoms with Crippen molar-refractivity contribution in [1.82, 2.24) is 5.32 Å². The third-order valence-corrected chi connectivity index (χ3v) is 1.32. The highest BCUT2D eigenvalue weighted by Crippen LogP contribution is 2.07. The van der Waals surface area contributed by atoms with E-state index in [-0.39, 0.29) is 6.42 Å². The lowest BCUT2D eigenvalue weighted by Gasteiger charge is -2.22. The van der Waals surface area contributed by atoms with E-state index in [1.165, 1.54) is 7.11 Å². The molecule has 0 bridgehead atoms. The summed E-state index contributed by atoms with van der Waals surface area (Å²) in [7, 11) is 1.31. The maximum atomic E-state index is 11.2. The highest BCUT2D eigenvalue weighted by molar-refractivity contribution is 5.71. The largest absolute Gasteiger partial charge is 0.481 e. The number of carboxylic acid groups (broad SMARTS) is 1. The molecule has 0 aliphatic carbocycles. The van der Waals surface area contributed by atoms with Gasteiger partial charge in [-0.1, -0.05) is 0 Å². The summed E-state index contributed by atoms with van der Waals surface area (Å²) in [4.78, 5) is 21.6. The fourth-order valence-electron chi connectivity index (χ4n) is 0.791. The van der Waals surface area contributed by atoms with Gasteiger partial charge in [0.2, 0.25) is 0 Å². The number of alkyl carbamates (subject to hydrolysis) is 1. The van der Waals surface area contributed by atoms with Gasteiger partial charge in [0.1, 0.15) is 11.8 Å². The molecule has 2 N–H and O–H groups in total. The third kappa shape index (κ3) is 7.75. The molecule has 0 rings (SSSR count). The van der Waals surface area contributed by atoms with Crippen LogP contribution in [0.2, 0.25) is 0 Å². The smallest absolute Gasteiger partial charge is 0.409 e. The molecule has 88 valence electrons. The minimum Gasteiger partial charge on any atom is -0.481 e. The number of ether oxygens (including phenoxy) is 2. The van der Waals surface area contributed by atoms with Gasteiger partial charge in [-0.15, -0.1) is 0 Å². The normalized spacial score (nSPS) is 13.1. The summed E-state index contributed by atoms with van der Waals surface area (Å²) in [6.45, 7) is 5.14. The van der Waals surface area contributed by atoms with E-state index in [2.05, 4.69) is 5.32 Å². The van der Waals surface area contributed by atoms with Gasteiger partial charge in [-0.3, -0.25) is 10.1 Å². The summed E-state index contributed by atoms with van der Waals surface area (Å²) < 4.78 is 9.68. The van der Waals surface area contributed by atoms with Crippen LogP contribution in [0.1, 0.15) is 27.2 Å². The standard InChI is InChI=1S/C9H17NO5/c1-9(2,3)15-8(13)10-6(14-4)5-7(11)12/h6H,5H2,1-4H3,(H,10,13)(H,11,12)/t6-/m1/s1. The van der Waals surface area contributed by atoms with Crippen molar-refractivity contribution in [2.24, 2.45) is 0 Å². The predicted molar refractivity (Wildman–Crippen MR) is 52.4 cm³/mol. The Morgan fingerprint density at radius 3 is 2.27 bits per heavy atom. The number of hydrogen-bond acceptors (Lipinski definition) is 4. The molecule has 0 aromatic rings. The number of hydrogen-bond donors (Lipinski definition) is 2. The fourth-order valence-corrected chi connectivity index (χ4v) is 0.791. The Bertz CT molecular complexity index is 233. The highest BCUT2D eigenvalue weighted by atomic mass is 16.6. The maximum absolute atomic E-state index is 11.2. The summed E-state index contributed by atoms with van der Waals surface area (Å²) >= 11 is 0. The van der Waals surface area contributed by atoms with Gasteiger partial charge in [0, 0.05) is 7.11 Å². The Hall–Kier alpha value is -1.30. The number of amides is 1. The monoisotopic (exact) mass is 219 g/mol. The molecule has 0 spiro atoms. The summed E-state index contributed by atoms with van der Waals surface area (Å²) in [5.74, 6) is -1.06. The molecule has 0 fully saturated rings. The zero-order chi connectivity index (χ0) is 12.1. The van der Waals surface area contributed by atoms with Crippen molar-refractivity contribution in [2.45, 2.75) is 39.0 Å². The van der Waals surface area contributed by atoms with Gasteiger partial charge < -0.3 is 14.6 Å². The molecule has 0 heterocycles. The summed E-state index contributed by atoms with van der Waals surface area (Å²) in [6.07, 6.45) is -1.89. The maximum Gasteiger partial charge on any atom is 0.409 e. The van der Waals surface area contributed by atoms with E-state index in [1.54, 1.807) is 20.8 Å². The zero-order valence-corrected chi connectivity index (χ0v) is 9.36. The number of carboxylic acids is 1. The van der Waals surface area contributed by atoms with Crippen LogP contribution >= 0.6 is 0 Å². The van der Waals surface area contributed by atoms with E-state index in [0.717, 1.165) is 0 Å². The Kier molecular flexibility index (Phi) is 5.07. The second-order valence-electron chi connectivity index (χ2n) is 3.97. The predicted octanol–water partition coefficient (Wildman–Crippen LogP) is 0.958. The molecular weight excluding hydrogens is 202 g/mol. The number of carbonyl (C=O) groups excluding carboxylic acids is 1. The molecule has 6 nitrogen and oxygen atoms in total. The number of methoxy groups -OCH3 is 1. The first-order chi connectivity index (χ1) is 6.74. The van der Waals surface area contributed by atoms with Crippen molar-refractivity contribution in [2.75, 3.05) is 7.11 Å². The number of rotatable bonds is 4. The Morgan fingerprint density at radius 1 is 1.40 bits per heavy atom. The van der Waals surface area contributed by atoms with Gasteiger partial charge in [-0.25, -0.2) is 4.79 Å². The van der Waals surface area contributed by atoms with Crippen molar-refractivity contribution >= 4 is 12.1 Å². The van der Waals surface area contributed by atoms with Gasteiger partial charge in [0.05, 0.1) is 6.42 Å². The van der Waals surface area contributed by atoms with E-state index >= 15 is 0 Å². The van der Waals surface area contributed by atoms with Crippen LogP contribution in [0, 0.1) is 0 Å². The number of carbonyl (C=O) groups is 2. The van der Waals surface area contributed by atoms with Crippen LogP contribution < -0.4 is 5.32 Å². The van der Waals surface area contributed by atoms with Crippen LogP contribution in [-0.4, -0.2) is 36.1 Å². The molecule has 0 aliphatic rings. The average molecular weight is 219 g/mol. The fraction of sp³-hybridized carbons (Fsp3) is 0.778. The molecule has 0 aromatic carbocycles. The molecule has 0 radical (unpaired) electrons. The molecule has 0 aromatic heterocycles. The molecule has 6 heteroatoms. The minimum absolute atomic E-state index is 0.310. The summed E-state index contributed by atoms with van der Waals surface area (Å²) in [5.41, 5.74) is -0.619. The lowest BCUT2D eigenvalue weighted by molar-refractivity contribution is -0.140. The van der Waals surface area contributed by atoms with Gasteiger partial charge in [-0.05, 0) is 20.8 Å². The van der Waals surface area contributed by atoms with E-state index in [9.17, 15) is 9.59 Å². The van der Waals surface area contributed by atoms with Crippen LogP contribution in [0.4, 0.5) is 4.79 Å².